The molecule has 2 aromatic carbocycles. The molecule has 0 saturated heterocycles. The van der Waals surface area contributed by atoms with Crippen molar-refractivity contribution in [3.63, 3.8) is 0 Å². The van der Waals surface area contributed by atoms with Gasteiger partial charge in [0.25, 0.3) is 0 Å². The normalized spacial score (nSPS) is 10.5. The minimum Gasteiger partial charge on any atom is -0.0614 e. The molecule has 0 heterocycles. The highest BCUT2D eigenvalue weighted by molar-refractivity contribution is 5.87. The van der Waals surface area contributed by atoms with E-state index in [1.54, 1.807) is 0 Å². The van der Waals surface area contributed by atoms with Crippen molar-refractivity contribution in [2.24, 2.45) is 0 Å². The summed E-state index contributed by atoms with van der Waals surface area (Å²) in [5, 5.41) is 2.66. The van der Waals surface area contributed by atoms with Gasteiger partial charge >= 0.3 is 0 Å². The molecule has 2 rings (SSSR count). The molecule has 0 unspecified atom stereocenters. The van der Waals surface area contributed by atoms with E-state index in [1.807, 2.05) is 6.07 Å². The first kappa shape index (κ1) is 7.35. The van der Waals surface area contributed by atoms with Gasteiger partial charge in [0, 0.05) is 0 Å². The Balaban J connectivity index is 2.94. The van der Waals surface area contributed by atoms with E-state index in [4.69, 9.17) is 0 Å². The van der Waals surface area contributed by atoms with E-state index in [9.17, 15) is 0 Å². The van der Waals surface area contributed by atoms with Crippen LogP contribution in [0.5, 0.6) is 0 Å². The minimum absolute atomic E-state index is 1.23. The molecule has 0 aromatic heterocycles. The van der Waals surface area contributed by atoms with Crippen LogP contribution in [-0.4, -0.2) is 0 Å². The van der Waals surface area contributed by atoms with Crippen molar-refractivity contribution in [1.29, 1.82) is 0 Å². The Labute approximate surface area is 72.8 Å². The molecule has 0 fully saturated rings. The van der Waals surface area contributed by atoms with Crippen molar-refractivity contribution in [2.75, 3.05) is 0 Å². The quantitative estimate of drug-likeness (QED) is 0.547. The lowest BCUT2D eigenvalue weighted by Gasteiger charge is -2.03. The van der Waals surface area contributed by atoms with E-state index in [2.05, 4.69) is 44.2 Å². The van der Waals surface area contributed by atoms with Crippen LogP contribution in [0.1, 0.15) is 11.1 Å². The van der Waals surface area contributed by atoms with Crippen LogP contribution in [0.2, 0.25) is 0 Å². The molecular weight excluding hydrogens is 144 g/mol. The number of hydrogen-bond donors (Lipinski definition) is 0. The first-order valence-electron chi connectivity index (χ1n) is 4.15. The van der Waals surface area contributed by atoms with Gasteiger partial charge in [0.2, 0.25) is 0 Å². The molecule has 0 atom stereocenters. The largest absolute Gasteiger partial charge is 0.0614 e. The Morgan fingerprint density at radius 2 is 1.83 bits per heavy atom. The van der Waals surface area contributed by atoms with Gasteiger partial charge in [-0.3, -0.25) is 0 Å². The van der Waals surface area contributed by atoms with Crippen molar-refractivity contribution in [2.45, 2.75) is 13.8 Å². The summed E-state index contributed by atoms with van der Waals surface area (Å²) in [5.74, 6) is 0. The summed E-state index contributed by atoms with van der Waals surface area (Å²) < 4.78 is 0. The minimum atomic E-state index is 1.23. The standard InChI is InChI=1S/C12H11/c1-9-5-3-8-12-10(2)6-4-7-11(9)12/h3-5,7-8H,1-2H3. The second kappa shape index (κ2) is 2.63. The summed E-state index contributed by atoms with van der Waals surface area (Å²) in [6.07, 6.45) is 0. The topological polar surface area (TPSA) is 0 Å². The molecule has 0 amide bonds. The van der Waals surface area contributed by atoms with Crippen LogP contribution in [0.25, 0.3) is 10.8 Å². The maximum absolute atomic E-state index is 3.20. The van der Waals surface area contributed by atoms with Crippen LogP contribution < -0.4 is 0 Å². The third-order valence-corrected chi connectivity index (χ3v) is 2.28. The molecular formula is C12H11. The number of aryl methyl sites for hydroxylation is 2. The maximum Gasteiger partial charge on any atom is -0.0145 e. The van der Waals surface area contributed by atoms with Crippen LogP contribution in [0.15, 0.2) is 30.3 Å². The number of hydrogen-bond acceptors (Lipinski definition) is 0. The molecule has 0 bridgehead atoms. The van der Waals surface area contributed by atoms with Gasteiger partial charge in [-0.2, -0.15) is 0 Å². The van der Waals surface area contributed by atoms with Crippen LogP contribution >= 0.6 is 0 Å². The van der Waals surface area contributed by atoms with Crippen molar-refractivity contribution in [3.05, 3.63) is 47.5 Å². The molecule has 0 aliphatic heterocycles. The fourth-order valence-electron chi connectivity index (χ4n) is 1.56. The van der Waals surface area contributed by atoms with E-state index in [-0.39, 0.29) is 0 Å². The highest BCUT2D eigenvalue weighted by Gasteiger charge is 1.97. The second-order valence-electron chi connectivity index (χ2n) is 3.14. The summed E-state index contributed by atoms with van der Waals surface area (Å²) in [5.41, 5.74) is 2.57. The second-order valence-corrected chi connectivity index (χ2v) is 3.14. The van der Waals surface area contributed by atoms with Gasteiger partial charge in [-0.15, -0.1) is 0 Å². The molecule has 59 valence electrons. The third kappa shape index (κ3) is 1.00. The highest BCUT2D eigenvalue weighted by atomic mass is 14.0. The summed E-state index contributed by atoms with van der Waals surface area (Å²) in [6.45, 7) is 4.24. The molecule has 0 nitrogen and oxygen atoms in total. The van der Waals surface area contributed by atoms with Crippen LogP contribution in [0.4, 0.5) is 0 Å². The Bertz CT molecular complexity index is 372. The number of fused-ring (bicyclic) bond motifs is 1. The third-order valence-electron chi connectivity index (χ3n) is 2.28. The Morgan fingerprint density at radius 1 is 1.00 bits per heavy atom. The van der Waals surface area contributed by atoms with E-state index in [0.29, 0.717) is 0 Å². The van der Waals surface area contributed by atoms with Crippen LogP contribution in [0, 0.1) is 19.9 Å². The monoisotopic (exact) mass is 155 g/mol. The molecule has 2 aromatic rings. The molecule has 0 spiro atoms. The van der Waals surface area contributed by atoms with Gasteiger partial charge in [-0.25, -0.2) is 0 Å². The van der Waals surface area contributed by atoms with Gasteiger partial charge in [0.15, 0.2) is 0 Å². The first-order chi connectivity index (χ1) is 5.79. The zero-order chi connectivity index (χ0) is 8.55. The summed E-state index contributed by atoms with van der Waals surface area (Å²) >= 11 is 0. The molecule has 0 aliphatic rings. The van der Waals surface area contributed by atoms with E-state index in [1.165, 1.54) is 21.9 Å². The smallest absolute Gasteiger partial charge is 0.0145 e. The van der Waals surface area contributed by atoms with Gasteiger partial charge < -0.3 is 0 Å². The van der Waals surface area contributed by atoms with E-state index >= 15 is 0 Å². The molecule has 1 radical (unpaired) electrons. The van der Waals surface area contributed by atoms with Gasteiger partial charge in [0.05, 0.1) is 0 Å². The highest BCUT2D eigenvalue weighted by Crippen LogP contribution is 2.20. The fourth-order valence-corrected chi connectivity index (χ4v) is 1.56. The molecule has 0 aliphatic carbocycles. The van der Waals surface area contributed by atoms with Crippen molar-refractivity contribution in [3.8, 4) is 0 Å². The zero-order valence-corrected chi connectivity index (χ0v) is 7.39. The average molecular weight is 155 g/mol. The lowest BCUT2D eigenvalue weighted by atomic mass is 10.0. The SMILES string of the molecule is Cc1[c]ccc2c(C)cccc12. The average Bonchev–Trinajstić information content (AvgIpc) is 2.07. The van der Waals surface area contributed by atoms with Crippen molar-refractivity contribution >= 4 is 10.8 Å². The van der Waals surface area contributed by atoms with E-state index < -0.39 is 0 Å². The fraction of sp³-hybridized carbons (Fsp3) is 0.167. The van der Waals surface area contributed by atoms with Crippen LogP contribution in [0.3, 0.4) is 0 Å². The Morgan fingerprint density at radius 3 is 2.58 bits per heavy atom. The number of benzene rings is 2. The molecule has 0 N–H and O–H groups in total. The van der Waals surface area contributed by atoms with Crippen LogP contribution in [-0.2, 0) is 0 Å². The molecule has 0 heteroatoms. The predicted octanol–water partition coefficient (Wildman–Crippen LogP) is 3.26. The maximum atomic E-state index is 3.20. The molecule has 12 heavy (non-hydrogen) atoms. The first-order valence-corrected chi connectivity index (χ1v) is 4.15. The Hall–Kier alpha value is -1.30. The summed E-state index contributed by atoms with van der Waals surface area (Å²) in [4.78, 5) is 0. The zero-order valence-electron chi connectivity index (χ0n) is 7.39. The van der Waals surface area contributed by atoms with E-state index in [0.717, 1.165) is 0 Å². The number of rotatable bonds is 0. The van der Waals surface area contributed by atoms with Gasteiger partial charge in [-0.05, 0) is 41.8 Å². The Kier molecular flexibility index (Phi) is 1.61. The van der Waals surface area contributed by atoms with Gasteiger partial charge in [-0.1, -0.05) is 30.3 Å². The lowest BCUT2D eigenvalue weighted by molar-refractivity contribution is 1.47. The summed E-state index contributed by atoms with van der Waals surface area (Å²) in [7, 11) is 0. The molecule has 0 saturated carbocycles. The summed E-state index contributed by atoms with van der Waals surface area (Å²) in [6, 6.07) is 13.7. The van der Waals surface area contributed by atoms with Gasteiger partial charge in [0.1, 0.15) is 0 Å². The predicted molar refractivity (Wildman–Crippen MR) is 52.3 cm³/mol. The lowest BCUT2D eigenvalue weighted by Crippen LogP contribution is -1.80. The van der Waals surface area contributed by atoms with Crippen molar-refractivity contribution < 1.29 is 0 Å². The van der Waals surface area contributed by atoms with Crippen molar-refractivity contribution in [1.82, 2.24) is 0 Å².